The minimum absolute atomic E-state index is 0.372. The average molecular weight is 233 g/mol. The Morgan fingerprint density at radius 2 is 2.12 bits per heavy atom. The highest BCUT2D eigenvalue weighted by Crippen LogP contribution is 2.36. The van der Waals surface area contributed by atoms with E-state index in [-0.39, 0.29) is 5.88 Å². The zero-order chi connectivity index (χ0) is 12.3. The molecular weight excluding hydrogens is 224 g/mol. The summed E-state index contributed by atoms with van der Waals surface area (Å²) < 4.78 is 34.1. The highest BCUT2D eigenvalue weighted by Gasteiger charge is 2.26. The molecule has 1 aromatic rings. The molecule has 1 aromatic heterocycles. The topological polar surface area (TPSA) is 68.7 Å². The average Bonchev–Trinajstić information content (AvgIpc) is 2.26. The van der Waals surface area contributed by atoms with Crippen molar-refractivity contribution in [2.24, 2.45) is 0 Å². The van der Waals surface area contributed by atoms with Gasteiger partial charge in [-0.05, 0) is 0 Å². The van der Waals surface area contributed by atoms with Crippen LogP contribution in [0.15, 0.2) is 6.20 Å². The number of methoxy groups -OCH3 is 2. The quantitative estimate of drug-likeness (QED) is 0.801. The summed E-state index contributed by atoms with van der Waals surface area (Å²) >= 11 is 0. The van der Waals surface area contributed by atoms with E-state index in [9.17, 15) is 18.7 Å². The van der Waals surface area contributed by atoms with E-state index >= 15 is 0 Å². The van der Waals surface area contributed by atoms with Crippen LogP contribution in [0.1, 0.15) is 22.3 Å². The number of ether oxygens (including phenoxy) is 2. The summed E-state index contributed by atoms with van der Waals surface area (Å²) in [5.41, 5.74) is -1.34. The third-order valence-corrected chi connectivity index (χ3v) is 1.88. The molecule has 1 rings (SSSR count). The van der Waals surface area contributed by atoms with Crippen LogP contribution in [0.25, 0.3) is 0 Å². The number of aromatic hydroxyl groups is 1. The van der Waals surface area contributed by atoms with E-state index < -0.39 is 29.3 Å². The third kappa shape index (κ3) is 2.02. The Kier molecular flexibility index (Phi) is 3.60. The van der Waals surface area contributed by atoms with E-state index in [1.807, 2.05) is 0 Å². The van der Waals surface area contributed by atoms with E-state index in [1.165, 1.54) is 0 Å². The highest BCUT2D eigenvalue weighted by molar-refractivity contribution is 5.91. The number of carbonyl (C=O) groups is 1. The predicted molar refractivity (Wildman–Crippen MR) is 48.8 cm³/mol. The van der Waals surface area contributed by atoms with Crippen molar-refractivity contribution in [3.05, 3.63) is 17.3 Å². The molecule has 1 heterocycles. The molecule has 0 bridgehead atoms. The van der Waals surface area contributed by atoms with Crippen molar-refractivity contribution in [2.45, 2.75) is 6.43 Å². The van der Waals surface area contributed by atoms with E-state index in [4.69, 9.17) is 0 Å². The first-order chi connectivity index (χ1) is 7.52. The monoisotopic (exact) mass is 233 g/mol. The second kappa shape index (κ2) is 4.73. The smallest absolute Gasteiger partial charge is 0.340 e. The van der Waals surface area contributed by atoms with Gasteiger partial charge < -0.3 is 14.6 Å². The molecular formula is C9H9F2NO4. The van der Waals surface area contributed by atoms with E-state index in [0.717, 1.165) is 20.4 Å². The zero-order valence-electron chi connectivity index (χ0n) is 8.53. The highest BCUT2D eigenvalue weighted by atomic mass is 19.3. The maximum Gasteiger partial charge on any atom is 0.340 e. The maximum absolute atomic E-state index is 12.7. The lowest BCUT2D eigenvalue weighted by Gasteiger charge is -2.10. The van der Waals surface area contributed by atoms with Gasteiger partial charge >= 0.3 is 5.97 Å². The molecule has 7 heteroatoms. The van der Waals surface area contributed by atoms with Gasteiger partial charge in [-0.2, -0.15) is 0 Å². The first-order valence-electron chi connectivity index (χ1n) is 4.15. The molecule has 0 aliphatic carbocycles. The molecule has 0 spiro atoms. The van der Waals surface area contributed by atoms with Crippen LogP contribution in [0.5, 0.6) is 11.6 Å². The molecule has 88 valence electrons. The molecule has 0 saturated heterocycles. The van der Waals surface area contributed by atoms with Crippen molar-refractivity contribution < 1.29 is 28.2 Å². The lowest BCUT2D eigenvalue weighted by atomic mass is 10.1. The Labute approximate surface area is 89.6 Å². The molecule has 0 radical (unpaired) electrons. The number of hydrogen-bond donors (Lipinski definition) is 1. The SMILES string of the molecule is COC(=O)c1cnc(OC)c(O)c1C(F)F. The molecule has 0 saturated carbocycles. The normalized spacial score (nSPS) is 10.3. The molecule has 16 heavy (non-hydrogen) atoms. The van der Waals surface area contributed by atoms with Gasteiger partial charge in [0, 0.05) is 6.20 Å². The van der Waals surface area contributed by atoms with Gasteiger partial charge in [0.1, 0.15) is 0 Å². The van der Waals surface area contributed by atoms with Crippen LogP contribution in [0.4, 0.5) is 8.78 Å². The van der Waals surface area contributed by atoms with E-state index in [2.05, 4.69) is 14.5 Å². The van der Waals surface area contributed by atoms with Crippen LogP contribution >= 0.6 is 0 Å². The number of pyridine rings is 1. The number of nitrogens with zero attached hydrogens (tertiary/aromatic N) is 1. The second-order valence-electron chi connectivity index (χ2n) is 2.74. The summed E-state index contributed by atoms with van der Waals surface area (Å²) in [6.07, 6.45) is -2.17. The standard InChI is InChI=1S/C9H9F2NO4/c1-15-8-6(13)5(7(10)11)4(3-12-8)9(14)16-2/h3,7,13H,1-2H3. The van der Waals surface area contributed by atoms with Crippen molar-refractivity contribution in [2.75, 3.05) is 14.2 Å². The molecule has 5 nitrogen and oxygen atoms in total. The Morgan fingerprint density at radius 3 is 2.56 bits per heavy atom. The van der Waals surface area contributed by atoms with Crippen molar-refractivity contribution in [1.82, 2.24) is 4.98 Å². The van der Waals surface area contributed by atoms with Crippen LogP contribution in [-0.4, -0.2) is 30.3 Å². The van der Waals surface area contributed by atoms with Crippen LogP contribution in [0, 0.1) is 0 Å². The number of esters is 1. The minimum Gasteiger partial charge on any atom is -0.503 e. The Bertz CT molecular complexity index is 409. The molecule has 0 atom stereocenters. The molecule has 0 fully saturated rings. The van der Waals surface area contributed by atoms with Gasteiger partial charge in [0.2, 0.25) is 0 Å². The number of carbonyl (C=O) groups excluding carboxylic acids is 1. The van der Waals surface area contributed by atoms with Crippen molar-refractivity contribution in [1.29, 1.82) is 0 Å². The fourth-order valence-corrected chi connectivity index (χ4v) is 1.14. The minimum atomic E-state index is -3.04. The van der Waals surface area contributed by atoms with Crippen LogP contribution < -0.4 is 4.74 Å². The Hall–Kier alpha value is -1.92. The summed E-state index contributed by atoms with van der Waals surface area (Å²) in [5, 5.41) is 9.41. The summed E-state index contributed by atoms with van der Waals surface area (Å²) in [4.78, 5) is 14.6. The number of hydrogen-bond acceptors (Lipinski definition) is 5. The van der Waals surface area contributed by atoms with E-state index in [0.29, 0.717) is 0 Å². The molecule has 0 aliphatic heterocycles. The van der Waals surface area contributed by atoms with Gasteiger partial charge in [0.05, 0.1) is 25.3 Å². The van der Waals surface area contributed by atoms with Crippen molar-refractivity contribution in [3.63, 3.8) is 0 Å². The van der Waals surface area contributed by atoms with Gasteiger partial charge in [-0.1, -0.05) is 0 Å². The van der Waals surface area contributed by atoms with Gasteiger partial charge in [0.25, 0.3) is 12.3 Å². The largest absolute Gasteiger partial charge is 0.503 e. The molecule has 0 aromatic carbocycles. The van der Waals surface area contributed by atoms with Gasteiger partial charge in [-0.3, -0.25) is 0 Å². The number of rotatable bonds is 3. The first kappa shape index (κ1) is 12.2. The lowest BCUT2D eigenvalue weighted by Crippen LogP contribution is -2.08. The molecule has 0 unspecified atom stereocenters. The lowest BCUT2D eigenvalue weighted by molar-refractivity contribution is 0.0586. The van der Waals surface area contributed by atoms with Gasteiger partial charge in [0.15, 0.2) is 5.75 Å². The summed E-state index contributed by atoms with van der Waals surface area (Å²) in [5.74, 6) is -2.23. The zero-order valence-corrected chi connectivity index (χ0v) is 8.53. The van der Waals surface area contributed by atoms with Gasteiger partial charge in [-0.15, -0.1) is 0 Å². The number of aromatic nitrogens is 1. The maximum atomic E-state index is 12.7. The summed E-state index contributed by atoms with van der Waals surface area (Å²) in [6.45, 7) is 0. The van der Waals surface area contributed by atoms with E-state index in [1.54, 1.807) is 0 Å². The predicted octanol–water partition coefficient (Wildman–Crippen LogP) is 1.52. The van der Waals surface area contributed by atoms with Crippen LogP contribution in [0.3, 0.4) is 0 Å². The second-order valence-corrected chi connectivity index (χ2v) is 2.74. The summed E-state index contributed by atoms with van der Waals surface area (Å²) in [7, 11) is 2.20. The first-order valence-corrected chi connectivity index (χ1v) is 4.15. The van der Waals surface area contributed by atoms with Crippen LogP contribution in [-0.2, 0) is 4.74 Å². The van der Waals surface area contributed by atoms with Gasteiger partial charge in [-0.25, -0.2) is 18.6 Å². The molecule has 1 N–H and O–H groups in total. The Morgan fingerprint density at radius 1 is 1.50 bits per heavy atom. The van der Waals surface area contributed by atoms with Crippen molar-refractivity contribution >= 4 is 5.97 Å². The summed E-state index contributed by atoms with van der Waals surface area (Å²) in [6, 6.07) is 0. The third-order valence-electron chi connectivity index (χ3n) is 1.88. The number of alkyl halides is 2. The van der Waals surface area contributed by atoms with Crippen molar-refractivity contribution in [3.8, 4) is 11.6 Å². The molecule has 0 amide bonds. The number of halogens is 2. The molecule has 0 aliphatic rings. The van der Waals surface area contributed by atoms with Crippen LogP contribution in [0.2, 0.25) is 0 Å². The fraction of sp³-hybridized carbons (Fsp3) is 0.333. The fourth-order valence-electron chi connectivity index (χ4n) is 1.14. The Balaban J connectivity index is 3.40.